The third-order valence-corrected chi connectivity index (χ3v) is 1.95. The van der Waals surface area contributed by atoms with Gasteiger partial charge in [0.1, 0.15) is 29.0 Å². The van der Waals surface area contributed by atoms with Crippen molar-refractivity contribution in [1.82, 2.24) is 4.90 Å². The Balaban J connectivity index is 2.98. The van der Waals surface area contributed by atoms with Gasteiger partial charge in [-0.05, 0) is 12.1 Å². The highest BCUT2D eigenvalue weighted by molar-refractivity contribution is 6.06. The molecule has 0 bridgehead atoms. The van der Waals surface area contributed by atoms with E-state index in [4.69, 9.17) is 5.26 Å². The second kappa shape index (κ2) is 5.77. The van der Waals surface area contributed by atoms with Gasteiger partial charge in [0.25, 0.3) is 5.91 Å². The first-order valence-corrected chi connectivity index (χ1v) is 4.99. The van der Waals surface area contributed by atoms with E-state index >= 15 is 0 Å². The number of carbonyl (C=O) groups excluding carboxylic acids is 1. The molecule has 1 amide bonds. The van der Waals surface area contributed by atoms with Crippen LogP contribution in [-0.2, 0) is 4.79 Å². The Morgan fingerprint density at radius 2 is 1.94 bits per heavy atom. The highest BCUT2D eigenvalue weighted by Crippen LogP contribution is 2.18. The highest BCUT2D eigenvalue weighted by atomic mass is 19.1. The van der Waals surface area contributed by atoms with Crippen LogP contribution in [0.2, 0.25) is 0 Å². The molecule has 0 unspecified atom stereocenters. The van der Waals surface area contributed by atoms with Crippen LogP contribution in [0.15, 0.2) is 30.0 Å². The third-order valence-electron chi connectivity index (χ3n) is 1.95. The van der Waals surface area contributed by atoms with Crippen molar-refractivity contribution in [2.45, 2.75) is 0 Å². The zero-order valence-electron chi connectivity index (χ0n) is 9.87. The molecule has 0 radical (unpaired) electrons. The van der Waals surface area contributed by atoms with Gasteiger partial charge in [-0.15, -0.1) is 0 Å². The monoisotopic (exact) mass is 251 g/mol. The topological polar surface area (TPSA) is 56.1 Å². The van der Waals surface area contributed by atoms with Gasteiger partial charge in [0.05, 0.1) is 0 Å². The summed E-state index contributed by atoms with van der Waals surface area (Å²) in [7, 11) is 3.24. The van der Waals surface area contributed by atoms with E-state index in [9.17, 15) is 13.6 Å². The highest BCUT2D eigenvalue weighted by Gasteiger charge is 2.15. The summed E-state index contributed by atoms with van der Waals surface area (Å²) in [5.41, 5.74) is -0.815. The van der Waals surface area contributed by atoms with Gasteiger partial charge in [-0.1, -0.05) is 6.07 Å². The Morgan fingerprint density at radius 1 is 1.39 bits per heavy atom. The molecule has 4 nitrogen and oxygen atoms in total. The standard InChI is InChI=1S/C12H11F2N3O/c1-17(2)7-8(6-15)12(18)16-11-9(13)4-3-5-10(11)14/h3-5,7H,1-2H3,(H,16,18). The second-order valence-corrected chi connectivity index (χ2v) is 3.67. The number of hydrogen-bond donors (Lipinski definition) is 1. The Bertz CT molecular complexity index is 512. The summed E-state index contributed by atoms with van der Waals surface area (Å²) in [4.78, 5) is 13.1. The molecule has 1 rings (SSSR count). The molecule has 0 aliphatic rings. The number of halogens is 2. The number of para-hydroxylation sites is 1. The van der Waals surface area contributed by atoms with Gasteiger partial charge in [-0.2, -0.15) is 5.26 Å². The molecule has 18 heavy (non-hydrogen) atoms. The van der Waals surface area contributed by atoms with Crippen LogP contribution in [0.4, 0.5) is 14.5 Å². The summed E-state index contributed by atoms with van der Waals surface area (Å²) in [5.74, 6) is -2.66. The molecule has 1 aromatic carbocycles. The molecule has 0 spiro atoms. The minimum absolute atomic E-state index is 0.248. The summed E-state index contributed by atoms with van der Waals surface area (Å²) in [6, 6.07) is 4.87. The normalized spacial score (nSPS) is 10.7. The lowest BCUT2D eigenvalue weighted by atomic mass is 10.2. The summed E-state index contributed by atoms with van der Waals surface area (Å²) >= 11 is 0. The summed E-state index contributed by atoms with van der Waals surface area (Å²) in [5, 5.41) is 10.8. The van der Waals surface area contributed by atoms with Crippen molar-refractivity contribution in [3.05, 3.63) is 41.6 Å². The van der Waals surface area contributed by atoms with E-state index in [1.165, 1.54) is 17.2 Å². The maximum absolute atomic E-state index is 13.3. The molecule has 1 N–H and O–H groups in total. The first kappa shape index (κ1) is 13.6. The van der Waals surface area contributed by atoms with Crippen LogP contribution < -0.4 is 5.32 Å². The van der Waals surface area contributed by atoms with E-state index in [2.05, 4.69) is 0 Å². The lowest BCUT2D eigenvalue weighted by molar-refractivity contribution is -0.112. The number of benzene rings is 1. The van der Waals surface area contributed by atoms with Crippen molar-refractivity contribution >= 4 is 11.6 Å². The Labute approximate surface area is 103 Å². The van der Waals surface area contributed by atoms with Gasteiger partial charge >= 0.3 is 0 Å². The fraction of sp³-hybridized carbons (Fsp3) is 0.167. The van der Waals surface area contributed by atoms with Gasteiger partial charge in [0.2, 0.25) is 0 Å². The molecular formula is C12H11F2N3O. The number of hydrogen-bond acceptors (Lipinski definition) is 3. The molecule has 0 heterocycles. The molecule has 0 fully saturated rings. The first-order valence-electron chi connectivity index (χ1n) is 4.99. The molecular weight excluding hydrogens is 240 g/mol. The van der Waals surface area contributed by atoms with E-state index in [0.29, 0.717) is 0 Å². The van der Waals surface area contributed by atoms with Crippen molar-refractivity contribution in [2.24, 2.45) is 0 Å². The fourth-order valence-electron chi connectivity index (χ4n) is 1.19. The fourth-order valence-corrected chi connectivity index (χ4v) is 1.19. The van der Waals surface area contributed by atoms with Crippen LogP contribution >= 0.6 is 0 Å². The number of nitrogens with zero attached hydrogens (tertiary/aromatic N) is 2. The number of amides is 1. The lowest BCUT2D eigenvalue weighted by Gasteiger charge is -2.08. The van der Waals surface area contributed by atoms with Crippen molar-refractivity contribution in [1.29, 1.82) is 5.26 Å². The summed E-state index contributed by atoms with van der Waals surface area (Å²) in [6.07, 6.45) is 1.26. The minimum Gasteiger partial charge on any atom is -0.382 e. The number of anilines is 1. The molecule has 0 saturated heterocycles. The smallest absolute Gasteiger partial charge is 0.267 e. The summed E-state index contributed by atoms with van der Waals surface area (Å²) in [6.45, 7) is 0. The SMILES string of the molecule is CN(C)C=C(C#N)C(=O)Nc1c(F)cccc1F. The van der Waals surface area contributed by atoms with Gasteiger partial charge in [0, 0.05) is 20.3 Å². The van der Waals surface area contributed by atoms with E-state index in [1.54, 1.807) is 20.2 Å². The Kier molecular flexibility index (Phi) is 4.38. The van der Waals surface area contributed by atoms with E-state index in [0.717, 1.165) is 12.1 Å². The molecule has 0 aromatic heterocycles. The zero-order valence-corrected chi connectivity index (χ0v) is 9.87. The van der Waals surface area contributed by atoms with Crippen molar-refractivity contribution in [3.63, 3.8) is 0 Å². The van der Waals surface area contributed by atoms with Crippen LogP contribution in [0.1, 0.15) is 0 Å². The Hall–Kier alpha value is -2.42. The maximum Gasteiger partial charge on any atom is 0.267 e. The predicted octanol–water partition coefficient (Wildman–Crippen LogP) is 1.87. The predicted molar refractivity (Wildman–Crippen MR) is 62.4 cm³/mol. The van der Waals surface area contributed by atoms with Gasteiger partial charge in [0.15, 0.2) is 0 Å². The molecule has 94 valence electrons. The second-order valence-electron chi connectivity index (χ2n) is 3.67. The average Bonchev–Trinajstić information content (AvgIpc) is 2.30. The maximum atomic E-state index is 13.3. The van der Waals surface area contributed by atoms with E-state index in [1.807, 2.05) is 5.32 Å². The minimum atomic E-state index is -0.898. The molecule has 0 aliphatic carbocycles. The Morgan fingerprint density at radius 3 is 2.39 bits per heavy atom. The van der Waals surface area contributed by atoms with Crippen LogP contribution in [-0.4, -0.2) is 24.9 Å². The summed E-state index contributed by atoms with van der Waals surface area (Å²) < 4.78 is 26.5. The van der Waals surface area contributed by atoms with Crippen LogP contribution in [0, 0.1) is 23.0 Å². The van der Waals surface area contributed by atoms with Crippen molar-refractivity contribution in [3.8, 4) is 6.07 Å². The van der Waals surface area contributed by atoms with Crippen LogP contribution in [0.5, 0.6) is 0 Å². The van der Waals surface area contributed by atoms with Gasteiger partial charge in [-0.3, -0.25) is 4.79 Å². The van der Waals surface area contributed by atoms with Crippen molar-refractivity contribution < 1.29 is 13.6 Å². The van der Waals surface area contributed by atoms with Gasteiger partial charge in [-0.25, -0.2) is 8.78 Å². The average molecular weight is 251 g/mol. The van der Waals surface area contributed by atoms with Crippen LogP contribution in [0.25, 0.3) is 0 Å². The quantitative estimate of drug-likeness (QED) is 0.659. The lowest BCUT2D eigenvalue weighted by Crippen LogP contribution is -2.17. The molecule has 0 atom stereocenters. The largest absolute Gasteiger partial charge is 0.382 e. The third kappa shape index (κ3) is 3.28. The number of carbonyl (C=O) groups is 1. The molecule has 6 heteroatoms. The van der Waals surface area contributed by atoms with Crippen LogP contribution in [0.3, 0.4) is 0 Å². The van der Waals surface area contributed by atoms with E-state index < -0.39 is 23.2 Å². The zero-order chi connectivity index (χ0) is 13.7. The molecule has 0 saturated carbocycles. The van der Waals surface area contributed by atoms with Crippen molar-refractivity contribution in [2.75, 3.05) is 19.4 Å². The van der Waals surface area contributed by atoms with Gasteiger partial charge < -0.3 is 10.2 Å². The molecule has 0 aliphatic heterocycles. The molecule has 1 aromatic rings. The number of nitriles is 1. The number of rotatable bonds is 3. The number of nitrogens with one attached hydrogen (secondary N) is 1. The van der Waals surface area contributed by atoms with E-state index in [-0.39, 0.29) is 5.57 Å². The first-order chi connectivity index (χ1) is 8.45.